The van der Waals surface area contributed by atoms with Gasteiger partial charge < -0.3 is 9.64 Å². The molecule has 0 bridgehead atoms. The fourth-order valence-corrected chi connectivity index (χ4v) is 4.93. The molecular weight excluding hydrogens is 390 g/mol. The number of carbonyl (C=O) groups is 1. The number of carbonyl (C=O) groups excluding carboxylic acids is 1. The zero-order valence-electron chi connectivity index (χ0n) is 15.2. The van der Waals surface area contributed by atoms with Crippen LogP contribution in [0.2, 0.25) is 0 Å². The van der Waals surface area contributed by atoms with E-state index in [4.69, 9.17) is 4.74 Å². The molecule has 4 heterocycles. The molecule has 144 valence electrons. The Morgan fingerprint density at radius 1 is 1.17 bits per heavy atom. The van der Waals surface area contributed by atoms with E-state index in [0.717, 1.165) is 28.1 Å². The lowest BCUT2D eigenvalue weighted by Gasteiger charge is -2.31. The first-order valence-corrected chi connectivity index (χ1v) is 10.2. The molecule has 2 aliphatic rings. The van der Waals surface area contributed by atoms with Crippen LogP contribution in [-0.2, 0) is 6.54 Å². The van der Waals surface area contributed by atoms with Crippen LogP contribution < -0.4 is 10.3 Å². The number of rotatable bonds is 2. The second-order valence-electron chi connectivity index (χ2n) is 7.21. The molecule has 0 spiro atoms. The van der Waals surface area contributed by atoms with E-state index in [0.29, 0.717) is 28.8 Å². The van der Waals surface area contributed by atoms with Crippen LogP contribution in [0.15, 0.2) is 41.2 Å². The fraction of sp³-hybridized carbons (Fsp3) is 0.250. The van der Waals surface area contributed by atoms with Gasteiger partial charge in [-0.05, 0) is 30.7 Å². The summed E-state index contributed by atoms with van der Waals surface area (Å²) in [4.78, 5) is 32.1. The maximum absolute atomic E-state index is 13.0. The second kappa shape index (κ2) is 6.08. The molecule has 1 saturated heterocycles. The summed E-state index contributed by atoms with van der Waals surface area (Å²) in [7, 11) is 0. The van der Waals surface area contributed by atoms with Crippen LogP contribution in [0.25, 0.3) is 21.1 Å². The van der Waals surface area contributed by atoms with Crippen LogP contribution in [0.4, 0.5) is 0 Å². The summed E-state index contributed by atoms with van der Waals surface area (Å²) in [5, 5.41) is 9.42. The van der Waals surface area contributed by atoms with Gasteiger partial charge in [0.05, 0.1) is 27.7 Å². The SMILES string of the molecule is O=C1c2cc3nnn(Cc4nc5ccccc5s4)c(=O)c3cc2OC2CCCN12. The Balaban J connectivity index is 1.43. The zero-order chi connectivity index (χ0) is 19.5. The molecular formula is C20H15N5O3S. The zero-order valence-corrected chi connectivity index (χ0v) is 16.1. The Bertz CT molecular complexity index is 1330. The smallest absolute Gasteiger partial charge is 0.278 e. The number of fused-ring (bicyclic) bond motifs is 4. The molecule has 0 aliphatic carbocycles. The Labute approximate surface area is 168 Å². The molecule has 9 heteroatoms. The minimum Gasteiger partial charge on any atom is -0.470 e. The largest absolute Gasteiger partial charge is 0.470 e. The van der Waals surface area contributed by atoms with Crippen LogP contribution in [0.1, 0.15) is 28.2 Å². The normalized spacial score (nSPS) is 18.1. The third-order valence-electron chi connectivity index (χ3n) is 5.40. The number of para-hydroxylation sites is 1. The van der Waals surface area contributed by atoms with Gasteiger partial charge in [0.2, 0.25) is 0 Å². The second-order valence-corrected chi connectivity index (χ2v) is 8.32. The van der Waals surface area contributed by atoms with E-state index in [1.807, 2.05) is 24.3 Å². The predicted octanol–water partition coefficient (Wildman–Crippen LogP) is 2.40. The predicted molar refractivity (Wildman–Crippen MR) is 107 cm³/mol. The van der Waals surface area contributed by atoms with Crippen LogP contribution >= 0.6 is 11.3 Å². The standard InChI is InChI=1S/C20H15N5O3S/c26-19-12-8-14-11(9-15(12)28-18-6-3-7-24(18)19)20(27)25(23-22-14)10-17-21-13-4-1-2-5-16(13)29-17/h1-2,4-5,8-9,18H,3,6-7,10H2. The number of aromatic nitrogens is 4. The Kier molecular flexibility index (Phi) is 3.48. The Hall–Kier alpha value is -3.33. The first-order valence-electron chi connectivity index (χ1n) is 9.41. The van der Waals surface area contributed by atoms with E-state index in [-0.39, 0.29) is 24.2 Å². The van der Waals surface area contributed by atoms with Gasteiger partial charge >= 0.3 is 0 Å². The molecule has 1 unspecified atom stereocenters. The highest BCUT2D eigenvalue weighted by Crippen LogP contribution is 2.34. The molecule has 0 radical (unpaired) electrons. The van der Waals surface area contributed by atoms with Crippen molar-refractivity contribution < 1.29 is 9.53 Å². The first-order chi connectivity index (χ1) is 14.2. The van der Waals surface area contributed by atoms with Crippen LogP contribution in [0.3, 0.4) is 0 Å². The number of ether oxygens (including phenoxy) is 1. The quantitative estimate of drug-likeness (QED) is 0.509. The average molecular weight is 405 g/mol. The maximum atomic E-state index is 13.0. The highest BCUT2D eigenvalue weighted by atomic mass is 32.1. The number of amides is 1. The van der Waals surface area contributed by atoms with E-state index in [1.54, 1.807) is 17.0 Å². The minimum atomic E-state index is -0.276. The summed E-state index contributed by atoms with van der Waals surface area (Å²) in [5.41, 5.74) is 1.45. The van der Waals surface area contributed by atoms with Gasteiger partial charge in [0, 0.05) is 13.0 Å². The summed E-state index contributed by atoms with van der Waals surface area (Å²) in [6.45, 7) is 0.935. The van der Waals surface area contributed by atoms with Crippen LogP contribution in [-0.4, -0.2) is 43.6 Å². The van der Waals surface area contributed by atoms with Gasteiger partial charge in [-0.1, -0.05) is 17.3 Å². The van der Waals surface area contributed by atoms with E-state index in [1.165, 1.54) is 16.0 Å². The minimum absolute atomic E-state index is 0.0731. The van der Waals surface area contributed by atoms with Gasteiger partial charge in [0.1, 0.15) is 16.3 Å². The van der Waals surface area contributed by atoms with Crippen molar-refractivity contribution in [2.75, 3.05) is 6.54 Å². The summed E-state index contributed by atoms with van der Waals surface area (Å²) in [5.74, 6) is 0.374. The molecule has 1 fully saturated rings. The van der Waals surface area contributed by atoms with Crippen molar-refractivity contribution in [2.45, 2.75) is 25.6 Å². The summed E-state index contributed by atoms with van der Waals surface area (Å²) >= 11 is 1.53. The van der Waals surface area contributed by atoms with Crippen molar-refractivity contribution in [1.82, 2.24) is 24.9 Å². The summed E-state index contributed by atoms with van der Waals surface area (Å²) in [6, 6.07) is 11.1. The number of hydrogen-bond donors (Lipinski definition) is 0. The van der Waals surface area contributed by atoms with Gasteiger partial charge in [-0.3, -0.25) is 9.59 Å². The lowest BCUT2D eigenvalue weighted by Crippen LogP contribution is -2.43. The van der Waals surface area contributed by atoms with E-state index in [9.17, 15) is 9.59 Å². The average Bonchev–Trinajstić information content (AvgIpc) is 3.36. The van der Waals surface area contributed by atoms with E-state index in [2.05, 4.69) is 15.3 Å². The molecule has 0 saturated carbocycles. The number of hydrogen-bond acceptors (Lipinski definition) is 7. The van der Waals surface area contributed by atoms with Crippen LogP contribution in [0, 0.1) is 0 Å². The van der Waals surface area contributed by atoms with Gasteiger partial charge in [-0.25, -0.2) is 9.67 Å². The lowest BCUT2D eigenvalue weighted by atomic mass is 10.1. The lowest BCUT2D eigenvalue weighted by molar-refractivity contribution is 0.0295. The van der Waals surface area contributed by atoms with Crippen molar-refractivity contribution >= 4 is 38.4 Å². The molecule has 2 aliphatic heterocycles. The molecule has 2 aromatic carbocycles. The molecule has 4 aromatic rings. The molecule has 2 aromatic heterocycles. The summed E-state index contributed by atoms with van der Waals surface area (Å²) < 4.78 is 8.35. The van der Waals surface area contributed by atoms with Gasteiger partial charge in [-0.15, -0.1) is 16.4 Å². The maximum Gasteiger partial charge on any atom is 0.278 e. The number of nitrogens with zero attached hydrogens (tertiary/aromatic N) is 5. The highest BCUT2D eigenvalue weighted by molar-refractivity contribution is 7.18. The highest BCUT2D eigenvalue weighted by Gasteiger charge is 2.37. The molecule has 1 amide bonds. The number of benzene rings is 2. The molecule has 6 rings (SSSR count). The third-order valence-corrected chi connectivity index (χ3v) is 6.42. The first kappa shape index (κ1) is 16.6. The Morgan fingerprint density at radius 3 is 2.97 bits per heavy atom. The Morgan fingerprint density at radius 2 is 2.07 bits per heavy atom. The van der Waals surface area contributed by atoms with Crippen molar-refractivity contribution in [3.63, 3.8) is 0 Å². The van der Waals surface area contributed by atoms with Crippen molar-refractivity contribution in [2.24, 2.45) is 0 Å². The monoisotopic (exact) mass is 405 g/mol. The van der Waals surface area contributed by atoms with Gasteiger partial charge in [0.25, 0.3) is 11.5 Å². The van der Waals surface area contributed by atoms with Gasteiger partial charge in [0.15, 0.2) is 6.23 Å². The fourth-order valence-electron chi connectivity index (χ4n) is 3.98. The van der Waals surface area contributed by atoms with Gasteiger partial charge in [-0.2, -0.15) is 0 Å². The number of thiazole rings is 1. The van der Waals surface area contributed by atoms with E-state index >= 15 is 0 Å². The topological polar surface area (TPSA) is 90.2 Å². The van der Waals surface area contributed by atoms with Crippen molar-refractivity contribution in [3.05, 3.63) is 57.3 Å². The van der Waals surface area contributed by atoms with Crippen LogP contribution in [0.5, 0.6) is 5.75 Å². The van der Waals surface area contributed by atoms with Crippen molar-refractivity contribution in [1.29, 1.82) is 0 Å². The van der Waals surface area contributed by atoms with Crippen molar-refractivity contribution in [3.8, 4) is 5.75 Å². The molecule has 0 N–H and O–H groups in total. The molecule has 29 heavy (non-hydrogen) atoms. The molecule has 8 nitrogen and oxygen atoms in total. The summed E-state index contributed by atoms with van der Waals surface area (Å²) in [6.07, 6.45) is 1.48. The third kappa shape index (κ3) is 2.54. The van der Waals surface area contributed by atoms with E-state index < -0.39 is 0 Å². The molecule has 1 atom stereocenters.